The number of carbonyl (C=O) groups is 1. The van der Waals surface area contributed by atoms with Gasteiger partial charge in [0.25, 0.3) is 5.91 Å². The zero-order valence-corrected chi connectivity index (χ0v) is 17.5. The third-order valence-electron chi connectivity index (χ3n) is 4.68. The summed E-state index contributed by atoms with van der Waals surface area (Å²) in [5.74, 6) is -0.151. The number of nitrogens with zero attached hydrogens (tertiary/aromatic N) is 2. The van der Waals surface area contributed by atoms with Crippen LogP contribution in [0.5, 0.6) is 11.5 Å². The molecule has 0 N–H and O–H groups in total. The molecular formula is C19H20ClFN2O5S. The Morgan fingerprint density at radius 2 is 1.66 bits per heavy atom. The summed E-state index contributed by atoms with van der Waals surface area (Å²) in [5, 5.41) is 0.0235. The highest BCUT2D eigenvalue weighted by Gasteiger charge is 2.31. The monoisotopic (exact) mass is 442 g/mol. The molecular weight excluding hydrogens is 423 g/mol. The third kappa shape index (κ3) is 4.31. The number of piperazine rings is 1. The number of sulfonamides is 1. The van der Waals surface area contributed by atoms with Crippen LogP contribution in [0.25, 0.3) is 0 Å². The van der Waals surface area contributed by atoms with Gasteiger partial charge < -0.3 is 14.4 Å². The second-order valence-corrected chi connectivity index (χ2v) is 8.68. The van der Waals surface area contributed by atoms with Crippen molar-refractivity contribution in [3.8, 4) is 11.5 Å². The predicted octanol–water partition coefficient (Wildman–Crippen LogP) is 2.64. The van der Waals surface area contributed by atoms with Crippen molar-refractivity contribution in [2.75, 3.05) is 40.4 Å². The lowest BCUT2D eigenvalue weighted by Crippen LogP contribution is -2.50. The zero-order valence-electron chi connectivity index (χ0n) is 15.9. The second-order valence-electron chi connectivity index (χ2n) is 6.34. The van der Waals surface area contributed by atoms with Crippen LogP contribution in [-0.4, -0.2) is 63.9 Å². The first-order chi connectivity index (χ1) is 13.8. The molecule has 1 amide bonds. The topological polar surface area (TPSA) is 76.2 Å². The minimum absolute atomic E-state index is 0.0235. The fourth-order valence-corrected chi connectivity index (χ4v) is 4.78. The lowest BCUT2D eigenvalue weighted by molar-refractivity contribution is 0.0698. The molecule has 3 rings (SSSR count). The smallest absolute Gasteiger partial charge is 0.255 e. The maximum Gasteiger partial charge on any atom is 0.255 e. The molecule has 0 aromatic heterocycles. The van der Waals surface area contributed by atoms with Gasteiger partial charge in [-0.05, 0) is 30.3 Å². The Labute approximate surface area is 173 Å². The Balaban J connectivity index is 1.73. The quantitative estimate of drug-likeness (QED) is 0.711. The summed E-state index contributed by atoms with van der Waals surface area (Å²) in [6.07, 6.45) is 0. The molecule has 1 fully saturated rings. The highest BCUT2D eigenvalue weighted by atomic mass is 35.5. The molecule has 0 radical (unpaired) electrons. The summed E-state index contributed by atoms with van der Waals surface area (Å²) in [7, 11) is -0.865. The molecule has 1 heterocycles. The first kappa shape index (κ1) is 21.4. The Bertz CT molecular complexity index is 1020. The van der Waals surface area contributed by atoms with Crippen molar-refractivity contribution in [3.63, 3.8) is 0 Å². The van der Waals surface area contributed by atoms with Crippen LogP contribution in [0.1, 0.15) is 10.4 Å². The van der Waals surface area contributed by atoms with E-state index >= 15 is 0 Å². The maximum absolute atomic E-state index is 13.2. The summed E-state index contributed by atoms with van der Waals surface area (Å²) in [6, 6.07) is 7.95. The van der Waals surface area contributed by atoms with E-state index in [4.69, 9.17) is 21.1 Å². The molecule has 1 aliphatic heterocycles. The fraction of sp³-hybridized carbons (Fsp3) is 0.316. The van der Waals surface area contributed by atoms with Crippen LogP contribution in [-0.2, 0) is 10.0 Å². The summed E-state index contributed by atoms with van der Waals surface area (Å²) in [5.41, 5.74) is 0.185. The highest BCUT2D eigenvalue weighted by molar-refractivity contribution is 7.89. The SMILES string of the molecule is COc1ccc(S(=O)(=O)N2CCN(C(=O)c3ccc(F)cc3Cl)CC2)cc1OC. The van der Waals surface area contributed by atoms with E-state index in [1.165, 1.54) is 47.7 Å². The number of methoxy groups -OCH3 is 2. The minimum atomic E-state index is -3.76. The molecule has 0 aliphatic carbocycles. The Morgan fingerprint density at radius 1 is 1.00 bits per heavy atom. The van der Waals surface area contributed by atoms with Gasteiger partial charge in [0.2, 0.25) is 10.0 Å². The van der Waals surface area contributed by atoms with Crippen LogP contribution in [0, 0.1) is 5.82 Å². The average molecular weight is 443 g/mol. The molecule has 2 aromatic rings. The Morgan fingerprint density at radius 3 is 2.24 bits per heavy atom. The molecule has 0 bridgehead atoms. The standard InChI is InChI=1S/C19H20ClFN2O5S/c1-27-17-6-4-14(12-18(17)28-2)29(25,26)23-9-7-22(8-10-23)19(24)15-5-3-13(21)11-16(15)20/h3-6,11-12H,7-10H2,1-2H3. The zero-order chi connectivity index (χ0) is 21.2. The van der Waals surface area contributed by atoms with E-state index in [1.807, 2.05) is 0 Å². The lowest BCUT2D eigenvalue weighted by Gasteiger charge is -2.34. The van der Waals surface area contributed by atoms with E-state index in [-0.39, 0.29) is 47.6 Å². The van der Waals surface area contributed by atoms with E-state index in [2.05, 4.69) is 0 Å². The van der Waals surface area contributed by atoms with Gasteiger partial charge in [0.1, 0.15) is 5.82 Å². The number of hydrogen-bond acceptors (Lipinski definition) is 5. The van der Waals surface area contributed by atoms with Gasteiger partial charge in [-0.15, -0.1) is 0 Å². The molecule has 7 nitrogen and oxygen atoms in total. The second kappa shape index (κ2) is 8.56. The summed E-state index contributed by atoms with van der Waals surface area (Å²) in [6.45, 7) is 0.639. The molecule has 0 unspecified atom stereocenters. The molecule has 10 heteroatoms. The van der Waals surface area contributed by atoms with Gasteiger partial charge in [-0.3, -0.25) is 4.79 Å². The van der Waals surface area contributed by atoms with Gasteiger partial charge in [0.15, 0.2) is 11.5 Å². The summed E-state index contributed by atoms with van der Waals surface area (Å²) in [4.78, 5) is 14.2. The first-order valence-corrected chi connectivity index (χ1v) is 10.6. The maximum atomic E-state index is 13.2. The number of carbonyl (C=O) groups excluding carboxylic acids is 1. The van der Waals surface area contributed by atoms with E-state index in [1.54, 1.807) is 0 Å². The van der Waals surface area contributed by atoms with Crippen molar-refractivity contribution >= 4 is 27.5 Å². The lowest BCUT2D eigenvalue weighted by atomic mass is 10.2. The van der Waals surface area contributed by atoms with Crippen LogP contribution >= 0.6 is 11.6 Å². The fourth-order valence-electron chi connectivity index (χ4n) is 3.09. The molecule has 1 aliphatic rings. The van der Waals surface area contributed by atoms with E-state index < -0.39 is 15.8 Å². The Hall–Kier alpha value is -2.36. The van der Waals surface area contributed by atoms with E-state index in [9.17, 15) is 17.6 Å². The van der Waals surface area contributed by atoms with Crippen molar-refractivity contribution in [2.45, 2.75) is 4.90 Å². The number of benzene rings is 2. The normalized spacial score (nSPS) is 15.2. The van der Waals surface area contributed by atoms with Gasteiger partial charge in [-0.2, -0.15) is 4.31 Å². The van der Waals surface area contributed by atoms with Crippen LogP contribution in [0.2, 0.25) is 5.02 Å². The van der Waals surface area contributed by atoms with Gasteiger partial charge in [-0.1, -0.05) is 11.6 Å². The molecule has 0 spiro atoms. The molecule has 1 saturated heterocycles. The Kier molecular flexibility index (Phi) is 6.30. The predicted molar refractivity (Wildman–Crippen MR) is 106 cm³/mol. The molecule has 2 aromatic carbocycles. The van der Waals surface area contributed by atoms with Crippen molar-refractivity contribution < 1.29 is 27.1 Å². The largest absolute Gasteiger partial charge is 0.493 e. The van der Waals surface area contributed by atoms with E-state index in [0.717, 1.165) is 12.1 Å². The van der Waals surface area contributed by atoms with Crippen molar-refractivity contribution in [1.82, 2.24) is 9.21 Å². The van der Waals surface area contributed by atoms with Gasteiger partial charge in [-0.25, -0.2) is 12.8 Å². The van der Waals surface area contributed by atoms with Crippen LogP contribution < -0.4 is 9.47 Å². The van der Waals surface area contributed by atoms with Crippen LogP contribution in [0.15, 0.2) is 41.3 Å². The third-order valence-corrected chi connectivity index (χ3v) is 6.89. The number of ether oxygens (including phenoxy) is 2. The van der Waals surface area contributed by atoms with Gasteiger partial charge in [0.05, 0.1) is 29.7 Å². The van der Waals surface area contributed by atoms with Crippen LogP contribution in [0.4, 0.5) is 4.39 Å². The summed E-state index contributed by atoms with van der Waals surface area (Å²) < 4.78 is 50.7. The first-order valence-electron chi connectivity index (χ1n) is 8.74. The van der Waals surface area contributed by atoms with Crippen LogP contribution in [0.3, 0.4) is 0 Å². The van der Waals surface area contributed by atoms with E-state index in [0.29, 0.717) is 11.5 Å². The number of hydrogen-bond donors (Lipinski definition) is 0. The highest BCUT2D eigenvalue weighted by Crippen LogP contribution is 2.31. The van der Waals surface area contributed by atoms with Crippen molar-refractivity contribution in [1.29, 1.82) is 0 Å². The summed E-state index contributed by atoms with van der Waals surface area (Å²) >= 11 is 5.96. The molecule has 29 heavy (non-hydrogen) atoms. The van der Waals surface area contributed by atoms with Crippen molar-refractivity contribution in [3.05, 3.63) is 52.8 Å². The van der Waals surface area contributed by atoms with Gasteiger partial charge >= 0.3 is 0 Å². The average Bonchev–Trinajstić information content (AvgIpc) is 2.72. The van der Waals surface area contributed by atoms with Crippen molar-refractivity contribution in [2.24, 2.45) is 0 Å². The van der Waals surface area contributed by atoms with Gasteiger partial charge in [0, 0.05) is 32.2 Å². The minimum Gasteiger partial charge on any atom is -0.493 e. The molecule has 0 saturated carbocycles. The molecule has 0 atom stereocenters. The number of halogens is 2. The molecule has 156 valence electrons. The number of amides is 1. The number of rotatable bonds is 5.